The Morgan fingerprint density at radius 1 is 0.913 bits per heavy atom. The number of benzene rings is 2. The van der Waals surface area contributed by atoms with Crippen LogP contribution in [0, 0.1) is 0 Å². The van der Waals surface area contributed by atoms with Crippen LogP contribution in [0.4, 0.5) is 0 Å². The van der Waals surface area contributed by atoms with Crippen LogP contribution in [0.15, 0.2) is 42.5 Å². The van der Waals surface area contributed by atoms with Crippen LogP contribution in [0.25, 0.3) is 0 Å². The van der Waals surface area contributed by atoms with E-state index >= 15 is 0 Å². The Labute approximate surface area is 136 Å². The molecule has 0 radical (unpaired) electrons. The highest BCUT2D eigenvalue weighted by molar-refractivity contribution is 5.78. The molecule has 23 heavy (non-hydrogen) atoms. The second-order valence-corrected chi connectivity index (χ2v) is 4.98. The Bertz CT molecular complexity index is 653. The molecule has 0 aliphatic carbocycles. The van der Waals surface area contributed by atoms with Gasteiger partial charge in [-0.2, -0.15) is 0 Å². The quantitative estimate of drug-likeness (QED) is 0.853. The summed E-state index contributed by atoms with van der Waals surface area (Å²) in [6.45, 7) is 0.384. The Morgan fingerprint density at radius 3 is 2.17 bits per heavy atom. The molecular formula is C18H21NO4. The summed E-state index contributed by atoms with van der Waals surface area (Å²) < 4.78 is 15.6. The van der Waals surface area contributed by atoms with Gasteiger partial charge >= 0.3 is 0 Å². The van der Waals surface area contributed by atoms with Crippen molar-refractivity contribution in [3.8, 4) is 17.2 Å². The van der Waals surface area contributed by atoms with Crippen LogP contribution in [-0.4, -0.2) is 27.2 Å². The molecule has 0 aromatic heterocycles. The number of methoxy groups -OCH3 is 3. The molecule has 0 heterocycles. The molecule has 0 saturated carbocycles. The van der Waals surface area contributed by atoms with Crippen molar-refractivity contribution in [2.45, 2.75) is 13.0 Å². The minimum atomic E-state index is -0.0555. The predicted molar refractivity (Wildman–Crippen MR) is 88.1 cm³/mol. The summed E-state index contributed by atoms with van der Waals surface area (Å²) in [5.41, 5.74) is 1.80. The maximum Gasteiger partial charge on any atom is 0.224 e. The number of amides is 1. The molecule has 1 amide bonds. The summed E-state index contributed by atoms with van der Waals surface area (Å²) >= 11 is 0. The van der Waals surface area contributed by atoms with E-state index in [-0.39, 0.29) is 5.91 Å². The molecule has 122 valence electrons. The minimum absolute atomic E-state index is 0.0555. The van der Waals surface area contributed by atoms with Gasteiger partial charge in [-0.25, -0.2) is 0 Å². The fourth-order valence-corrected chi connectivity index (χ4v) is 2.21. The van der Waals surface area contributed by atoms with Crippen LogP contribution >= 0.6 is 0 Å². The standard InChI is InChI=1S/C18H21NO4/c1-21-15-6-4-13(5-7-15)10-18(20)19-12-14-11-16(22-2)8-9-17(14)23-3/h4-9,11H,10,12H2,1-3H3,(H,19,20). The van der Waals surface area contributed by atoms with Crippen molar-refractivity contribution in [1.82, 2.24) is 5.32 Å². The van der Waals surface area contributed by atoms with Gasteiger partial charge in [-0.05, 0) is 35.9 Å². The molecule has 0 aliphatic heterocycles. The predicted octanol–water partition coefficient (Wildman–Crippen LogP) is 2.57. The Morgan fingerprint density at radius 2 is 1.57 bits per heavy atom. The zero-order chi connectivity index (χ0) is 16.7. The van der Waals surface area contributed by atoms with Crippen LogP contribution in [0.3, 0.4) is 0 Å². The minimum Gasteiger partial charge on any atom is -0.497 e. The van der Waals surface area contributed by atoms with Crippen LogP contribution in [0.2, 0.25) is 0 Å². The van der Waals surface area contributed by atoms with Crippen molar-refractivity contribution in [2.24, 2.45) is 0 Å². The molecule has 0 unspecified atom stereocenters. The van der Waals surface area contributed by atoms with Crippen molar-refractivity contribution in [2.75, 3.05) is 21.3 Å². The lowest BCUT2D eigenvalue weighted by atomic mass is 10.1. The average molecular weight is 315 g/mol. The number of ether oxygens (including phenoxy) is 3. The van der Waals surface area contributed by atoms with Gasteiger partial charge in [-0.1, -0.05) is 12.1 Å². The highest BCUT2D eigenvalue weighted by Gasteiger charge is 2.08. The van der Waals surface area contributed by atoms with E-state index in [1.807, 2.05) is 42.5 Å². The third-order valence-corrected chi connectivity index (χ3v) is 3.49. The first kappa shape index (κ1) is 16.7. The van der Waals surface area contributed by atoms with E-state index in [1.165, 1.54) is 0 Å². The van der Waals surface area contributed by atoms with Crippen molar-refractivity contribution in [1.29, 1.82) is 0 Å². The van der Waals surface area contributed by atoms with Crippen LogP contribution in [0.1, 0.15) is 11.1 Å². The molecule has 5 heteroatoms. The first-order valence-corrected chi connectivity index (χ1v) is 7.26. The van der Waals surface area contributed by atoms with Crippen molar-refractivity contribution in [3.63, 3.8) is 0 Å². The maximum absolute atomic E-state index is 12.1. The van der Waals surface area contributed by atoms with Gasteiger partial charge in [0.15, 0.2) is 0 Å². The summed E-state index contributed by atoms with van der Waals surface area (Å²) in [6.07, 6.45) is 0.316. The monoisotopic (exact) mass is 315 g/mol. The highest BCUT2D eigenvalue weighted by atomic mass is 16.5. The normalized spacial score (nSPS) is 10.0. The number of carbonyl (C=O) groups is 1. The second kappa shape index (κ2) is 8.08. The fraction of sp³-hybridized carbons (Fsp3) is 0.278. The summed E-state index contributed by atoms with van der Waals surface area (Å²) in [4.78, 5) is 12.1. The Hall–Kier alpha value is -2.69. The molecule has 2 rings (SSSR count). The molecule has 2 aromatic rings. The van der Waals surface area contributed by atoms with Crippen LogP contribution in [0.5, 0.6) is 17.2 Å². The first-order valence-electron chi connectivity index (χ1n) is 7.26. The zero-order valence-corrected chi connectivity index (χ0v) is 13.6. The third-order valence-electron chi connectivity index (χ3n) is 3.49. The zero-order valence-electron chi connectivity index (χ0n) is 13.6. The molecule has 0 aliphatic rings. The lowest BCUT2D eigenvalue weighted by molar-refractivity contribution is -0.120. The summed E-state index contributed by atoms with van der Waals surface area (Å²) in [6, 6.07) is 12.9. The number of carbonyl (C=O) groups excluding carboxylic acids is 1. The molecule has 0 saturated heterocycles. The lowest BCUT2D eigenvalue weighted by Crippen LogP contribution is -2.24. The summed E-state index contributed by atoms with van der Waals surface area (Å²) in [5.74, 6) is 2.16. The number of rotatable bonds is 7. The van der Waals surface area contributed by atoms with Gasteiger partial charge < -0.3 is 19.5 Å². The van der Waals surface area contributed by atoms with E-state index in [1.54, 1.807) is 21.3 Å². The van der Waals surface area contributed by atoms with E-state index in [9.17, 15) is 4.79 Å². The average Bonchev–Trinajstić information content (AvgIpc) is 2.60. The molecule has 0 spiro atoms. The van der Waals surface area contributed by atoms with Crippen molar-refractivity contribution >= 4 is 5.91 Å². The van der Waals surface area contributed by atoms with Crippen molar-refractivity contribution < 1.29 is 19.0 Å². The van der Waals surface area contributed by atoms with Gasteiger partial charge in [0.25, 0.3) is 0 Å². The Kier molecular flexibility index (Phi) is 5.86. The summed E-state index contributed by atoms with van der Waals surface area (Å²) in [5, 5.41) is 2.90. The van der Waals surface area contributed by atoms with Gasteiger partial charge in [0.1, 0.15) is 17.2 Å². The molecule has 0 bridgehead atoms. The van der Waals surface area contributed by atoms with Crippen molar-refractivity contribution in [3.05, 3.63) is 53.6 Å². The summed E-state index contributed by atoms with van der Waals surface area (Å²) in [7, 11) is 4.82. The second-order valence-electron chi connectivity index (χ2n) is 4.98. The lowest BCUT2D eigenvalue weighted by Gasteiger charge is -2.11. The highest BCUT2D eigenvalue weighted by Crippen LogP contribution is 2.23. The van der Waals surface area contributed by atoms with Gasteiger partial charge in [0.05, 0.1) is 27.8 Å². The van der Waals surface area contributed by atoms with Crippen LogP contribution in [-0.2, 0) is 17.8 Å². The Balaban J connectivity index is 1.95. The number of hydrogen-bond donors (Lipinski definition) is 1. The third kappa shape index (κ3) is 4.64. The largest absolute Gasteiger partial charge is 0.497 e. The molecule has 0 fully saturated rings. The van der Waals surface area contributed by atoms with E-state index in [0.717, 1.165) is 28.4 Å². The first-order chi connectivity index (χ1) is 11.2. The van der Waals surface area contributed by atoms with Gasteiger partial charge in [0, 0.05) is 12.1 Å². The molecule has 0 atom stereocenters. The molecule has 5 nitrogen and oxygen atoms in total. The SMILES string of the molecule is COc1ccc(CC(=O)NCc2cc(OC)ccc2OC)cc1. The molecular weight excluding hydrogens is 294 g/mol. The van der Waals surface area contributed by atoms with E-state index in [2.05, 4.69) is 5.32 Å². The van der Waals surface area contributed by atoms with Gasteiger partial charge in [0.2, 0.25) is 5.91 Å². The fourth-order valence-electron chi connectivity index (χ4n) is 2.21. The van der Waals surface area contributed by atoms with Crippen LogP contribution < -0.4 is 19.5 Å². The van der Waals surface area contributed by atoms with E-state index in [0.29, 0.717) is 13.0 Å². The molecule has 2 aromatic carbocycles. The molecule has 1 N–H and O–H groups in total. The smallest absolute Gasteiger partial charge is 0.224 e. The van der Waals surface area contributed by atoms with Gasteiger partial charge in [-0.3, -0.25) is 4.79 Å². The topological polar surface area (TPSA) is 56.8 Å². The van der Waals surface area contributed by atoms with E-state index in [4.69, 9.17) is 14.2 Å². The number of nitrogens with one attached hydrogen (secondary N) is 1. The number of hydrogen-bond acceptors (Lipinski definition) is 4. The van der Waals surface area contributed by atoms with E-state index < -0.39 is 0 Å². The van der Waals surface area contributed by atoms with Gasteiger partial charge in [-0.15, -0.1) is 0 Å². The maximum atomic E-state index is 12.1.